The van der Waals surface area contributed by atoms with Crippen LogP contribution >= 0.6 is 0 Å². The second kappa shape index (κ2) is 8.19. The number of pyridine rings is 1. The molecule has 0 aliphatic carbocycles. The zero-order valence-electron chi connectivity index (χ0n) is 14.5. The van der Waals surface area contributed by atoms with E-state index in [1.807, 2.05) is 18.2 Å². The Morgan fingerprint density at radius 1 is 1.16 bits per heavy atom. The molecule has 25 heavy (non-hydrogen) atoms. The molecule has 6 heteroatoms. The summed E-state index contributed by atoms with van der Waals surface area (Å²) >= 11 is 0. The number of fused-ring (bicyclic) bond motifs is 1. The van der Waals surface area contributed by atoms with E-state index in [2.05, 4.69) is 50.0 Å². The smallest absolute Gasteiger partial charge is 0.218 e. The maximum atomic E-state index is 5.27. The average Bonchev–Trinajstić information content (AvgIpc) is 3.08. The summed E-state index contributed by atoms with van der Waals surface area (Å²) in [5.41, 5.74) is 3.46. The number of aliphatic imine (C=N–C) groups is 1. The number of hydrogen-bond acceptors (Lipinski definition) is 3. The van der Waals surface area contributed by atoms with Crippen LogP contribution in [-0.2, 0) is 13.0 Å². The number of aromatic amines is 1. The van der Waals surface area contributed by atoms with Gasteiger partial charge in [0.2, 0.25) is 5.88 Å². The van der Waals surface area contributed by atoms with Gasteiger partial charge in [-0.1, -0.05) is 24.3 Å². The number of benzene rings is 1. The van der Waals surface area contributed by atoms with Gasteiger partial charge in [-0.25, -0.2) is 4.98 Å². The van der Waals surface area contributed by atoms with E-state index < -0.39 is 0 Å². The van der Waals surface area contributed by atoms with Gasteiger partial charge in [-0.2, -0.15) is 0 Å². The molecule has 0 amide bonds. The average molecular weight is 337 g/mol. The highest BCUT2D eigenvalue weighted by molar-refractivity contribution is 5.83. The van der Waals surface area contributed by atoms with Crippen LogP contribution < -0.4 is 15.4 Å². The molecule has 0 fully saturated rings. The number of guanidine groups is 1. The number of aromatic nitrogens is 2. The van der Waals surface area contributed by atoms with E-state index in [0.717, 1.165) is 24.5 Å². The maximum absolute atomic E-state index is 5.27. The molecule has 6 nitrogen and oxygen atoms in total. The van der Waals surface area contributed by atoms with E-state index >= 15 is 0 Å². The van der Waals surface area contributed by atoms with Crippen LogP contribution in [0, 0.1) is 0 Å². The molecule has 130 valence electrons. The molecule has 0 saturated heterocycles. The molecule has 3 rings (SSSR count). The van der Waals surface area contributed by atoms with Crippen molar-refractivity contribution in [3.8, 4) is 5.88 Å². The van der Waals surface area contributed by atoms with E-state index in [0.29, 0.717) is 12.4 Å². The highest BCUT2D eigenvalue weighted by atomic mass is 16.5. The van der Waals surface area contributed by atoms with Crippen LogP contribution in [0.25, 0.3) is 10.9 Å². The highest BCUT2D eigenvalue weighted by Crippen LogP contribution is 2.17. The van der Waals surface area contributed by atoms with Gasteiger partial charge in [0.15, 0.2) is 5.96 Å². The van der Waals surface area contributed by atoms with Crippen molar-refractivity contribution < 1.29 is 4.74 Å². The van der Waals surface area contributed by atoms with Crippen LogP contribution in [0.2, 0.25) is 0 Å². The monoisotopic (exact) mass is 337 g/mol. The summed E-state index contributed by atoms with van der Waals surface area (Å²) in [6.45, 7) is 1.40. The fourth-order valence-corrected chi connectivity index (χ4v) is 2.80. The molecule has 0 aliphatic heterocycles. The molecule has 1 aromatic carbocycles. The van der Waals surface area contributed by atoms with Crippen molar-refractivity contribution in [2.75, 3.05) is 20.7 Å². The van der Waals surface area contributed by atoms with Crippen molar-refractivity contribution in [1.82, 2.24) is 20.6 Å². The number of para-hydroxylation sites is 1. The standard InChI is InChI=1S/C19H23N5O/c1-20-19(24-13-15-6-5-10-21-18(15)25-2)22-11-9-14-12-23-17-8-4-3-7-16(14)17/h3-8,10,12,23H,9,11,13H2,1-2H3,(H2,20,22,24). The van der Waals surface area contributed by atoms with E-state index in [4.69, 9.17) is 4.74 Å². The third-order valence-electron chi connectivity index (χ3n) is 4.07. The molecule has 0 spiro atoms. The minimum Gasteiger partial charge on any atom is -0.481 e. The summed E-state index contributed by atoms with van der Waals surface area (Å²) in [6, 6.07) is 12.2. The van der Waals surface area contributed by atoms with E-state index in [1.165, 1.54) is 16.5 Å². The summed E-state index contributed by atoms with van der Waals surface area (Å²) in [7, 11) is 3.39. The Hall–Kier alpha value is -3.02. The van der Waals surface area contributed by atoms with Crippen molar-refractivity contribution in [3.63, 3.8) is 0 Å². The molecule has 3 aromatic rings. The molecule has 2 heterocycles. The van der Waals surface area contributed by atoms with Gasteiger partial charge >= 0.3 is 0 Å². The second-order valence-corrected chi connectivity index (χ2v) is 5.63. The van der Waals surface area contributed by atoms with Gasteiger partial charge in [-0.05, 0) is 24.1 Å². The topological polar surface area (TPSA) is 74.3 Å². The molecular formula is C19H23N5O. The van der Waals surface area contributed by atoms with E-state index in [1.54, 1.807) is 20.4 Å². The van der Waals surface area contributed by atoms with E-state index in [-0.39, 0.29) is 0 Å². The minimum atomic E-state index is 0.601. The molecule has 0 atom stereocenters. The lowest BCUT2D eigenvalue weighted by Crippen LogP contribution is -2.37. The quantitative estimate of drug-likeness (QED) is 0.477. The fourth-order valence-electron chi connectivity index (χ4n) is 2.80. The van der Waals surface area contributed by atoms with Crippen LogP contribution in [-0.4, -0.2) is 36.6 Å². The molecule has 2 aromatic heterocycles. The number of H-pyrrole nitrogens is 1. The predicted octanol–water partition coefficient (Wildman–Crippen LogP) is 2.48. The Labute approximate surface area is 147 Å². The summed E-state index contributed by atoms with van der Waals surface area (Å²) < 4.78 is 5.27. The molecule has 0 aliphatic rings. The molecular weight excluding hydrogens is 314 g/mol. The third kappa shape index (κ3) is 4.09. The minimum absolute atomic E-state index is 0.601. The third-order valence-corrected chi connectivity index (χ3v) is 4.07. The first-order valence-corrected chi connectivity index (χ1v) is 8.29. The zero-order valence-corrected chi connectivity index (χ0v) is 14.5. The molecule has 0 radical (unpaired) electrons. The number of nitrogens with zero attached hydrogens (tertiary/aromatic N) is 2. The summed E-state index contributed by atoms with van der Waals surface area (Å²) in [6.07, 6.45) is 4.71. The Morgan fingerprint density at radius 2 is 2.04 bits per heavy atom. The van der Waals surface area contributed by atoms with Gasteiger partial charge in [0.1, 0.15) is 0 Å². The van der Waals surface area contributed by atoms with Crippen molar-refractivity contribution in [1.29, 1.82) is 0 Å². The molecule has 0 unspecified atom stereocenters. The fraction of sp³-hybridized carbons (Fsp3) is 0.263. The van der Waals surface area contributed by atoms with Crippen LogP contribution in [0.15, 0.2) is 53.8 Å². The van der Waals surface area contributed by atoms with Gasteiger partial charge < -0.3 is 20.4 Å². The van der Waals surface area contributed by atoms with Gasteiger partial charge in [0.05, 0.1) is 7.11 Å². The Morgan fingerprint density at radius 3 is 2.88 bits per heavy atom. The van der Waals surface area contributed by atoms with Crippen LogP contribution in [0.5, 0.6) is 5.88 Å². The number of rotatable bonds is 6. The van der Waals surface area contributed by atoms with E-state index in [9.17, 15) is 0 Å². The first kappa shape index (κ1) is 16.8. The first-order valence-electron chi connectivity index (χ1n) is 8.29. The normalized spacial score (nSPS) is 11.5. The highest BCUT2D eigenvalue weighted by Gasteiger charge is 2.06. The van der Waals surface area contributed by atoms with Crippen molar-refractivity contribution in [2.45, 2.75) is 13.0 Å². The van der Waals surface area contributed by atoms with Gasteiger partial charge in [0.25, 0.3) is 0 Å². The van der Waals surface area contributed by atoms with Gasteiger partial charge in [0, 0.05) is 49.0 Å². The maximum Gasteiger partial charge on any atom is 0.218 e. The van der Waals surface area contributed by atoms with Crippen molar-refractivity contribution in [2.24, 2.45) is 4.99 Å². The zero-order chi connectivity index (χ0) is 17.5. The summed E-state index contributed by atoms with van der Waals surface area (Å²) in [5.74, 6) is 1.38. The number of nitrogens with one attached hydrogen (secondary N) is 3. The van der Waals surface area contributed by atoms with Gasteiger partial charge in [-0.15, -0.1) is 0 Å². The number of hydrogen-bond donors (Lipinski definition) is 3. The lowest BCUT2D eigenvalue weighted by molar-refractivity contribution is 0.392. The summed E-state index contributed by atoms with van der Waals surface area (Å²) in [5, 5.41) is 7.90. The second-order valence-electron chi connectivity index (χ2n) is 5.63. The van der Waals surface area contributed by atoms with Crippen LogP contribution in [0.4, 0.5) is 0 Å². The number of ether oxygens (including phenoxy) is 1. The Balaban J connectivity index is 1.53. The Bertz CT molecular complexity index is 856. The van der Waals surface area contributed by atoms with Crippen LogP contribution in [0.3, 0.4) is 0 Å². The Kier molecular flexibility index (Phi) is 5.51. The van der Waals surface area contributed by atoms with Gasteiger partial charge in [-0.3, -0.25) is 4.99 Å². The SMILES string of the molecule is CN=C(NCCc1c[nH]c2ccccc12)NCc1cccnc1OC. The largest absolute Gasteiger partial charge is 0.481 e. The lowest BCUT2D eigenvalue weighted by Gasteiger charge is -2.13. The van der Waals surface area contributed by atoms with Crippen molar-refractivity contribution in [3.05, 3.63) is 59.9 Å². The van der Waals surface area contributed by atoms with Crippen LogP contribution in [0.1, 0.15) is 11.1 Å². The molecule has 0 saturated carbocycles. The lowest BCUT2D eigenvalue weighted by atomic mass is 10.1. The molecule has 3 N–H and O–H groups in total. The number of methoxy groups -OCH3 is 1. The summed E-state index contributed by atoms with van der Waals surface area (Å²) in [4.78, 5) is 11.8. The first-order chi connectivity index (χ1) is 12.3. The van der Waals surface area contributed by atoms with Crippen molar-refractivity contribution >= 4 is 16.9 Å². The molecule has 0 bridgehead atoms. The predicted molar refractivity (Wildman–Crippen MR) is 101 cm³/mol.